The summed E-state index contributed by atoms with van der Waals surface area (Å²) in [5.74, 6) is 0.0949. The van der Waals surface area contributed by atoms with Gasteiger partial charge in [-0.1, -0.05) is 0 Å². The van der Waals surface area contributed by atoms with Crippen LogP contribution >= 0.6 is 0 Å². The molecule has 0 saturated carbocycles. The molecule has 0 rings (SSSR count). The normalized spacial score (nSPS) is 8.44. The highest BCUT2D eigenvalue weighted by molar-refractivity contribution is 5.93. The van der Waals surface area contributed by atoms with Gasteiger partial charge in [-0.3, -0.25) is 4.79 Å². The van der Waals surface area contributed by atoms with E-state index in [1.165, 1.54) is 0 Å². The quantitative estimate of drug-likeness (QED) is 0.562. The van der Waals surface area contributed by atoms with Crippen LogP contribution in [-0.4, -0.2) is 12.8 Å². The average Bonchev–Trinajstić information content (AvgIpc) is 1.64. The number of allylic oxidation sites excluding steroid dienone is 2. The van der Waals surface area contributed by atoms with Crippen LogP contribution < -0.4 is 5.32 Å². The second-order valence-corrected chi connectivity index (χ2v) is 2.18. The van der Waals surface area contributed by atoms with Crippen LogP contribution in [0.3, 0.4) is 0 Å². The van der Waals surface area contributed by atoms with Crippen molar-refractivity contribution in [1.82, 2.24) is 5.32 Å². The van der Waals surface area contributed by atoms with Gasteiger partial charge < -0.3 is 5.32 Å². The van der Waals surface area contributed by atoms with Crippen molar-refractivity contribution in [3.8, 4) is 0 Å². The number of hydrogen-bond donors (Lipinski definition) is 1. The molecule has 2 nitrogen and oxygen atoms in total. The largest absolute Gasteiger partial charge is 0.385 e. The Morgan fingerprint density at radius 3 is 1.67 bits per heavy atom. The lowest BCUT2D eigenvalue weighted by molar-refractivity contribution is -0.113. The van der Waals surface area contributed by atoms with Gasteiger partial charge in [0, 0.05) is 14.0 Å². The van der Waals surface area contributed by atoms with Gasteiger partial charge in [0.25, 0.3) is 0 Å². The Labute approximate surface area is 56.0 Å². The summed E-state index contributed by atoms with van der Waals surface area (Å²) < 4.78 is 0. The third kappa shape index (κ3) is 2.31. The topological polar surface area (TPSA) is 29.1 Å². The predicted octanol–water partition coefficient (Wildman–Crippen LogP) is 1.09. The molecule has 0 amide bonds. The summed E-state index contributed by atoms with van der Waals surface area (Å²) in [6.07, 6.45) is 0. The van der Waals surface area contributed by atoms with E-state index in [0.717, 1.165) is 11.3 Å². The third-order valence-electron chi connectivity index (χ3n) is 1.10. The highest BCUT2D eigenvalue weighted by Crippen LogP contribution is 1.98. The fraction of sp³-hybridized carbons (Fsp3) is 0.571. The SMILES string of the molecule is CNC(C(C)=O)=C(C)C. The number of nitrogens with one attached hydrogen (secondary N) is 1. The van der Waals surface area contributed by atoms with E-state index < -0.39 is 0 Å². The van der Waals surface area contributed by atoms with Crippen molar-refractivity contribution in [2.45, 2.75) is 20.8 Å². The van der Waals surface area contributed by atoms with E-state index >= 15 is 0 Å². The lowest BCUT2D eigenvalue weighted by Gasteiger charge is -2.02. The summed E-state index contributed by atoms with van der Waals surface area (Å²) in [7, 11) is 1.75. The molecule has 0 spiro atoms. The lowest BCUT2D eigenvalue weighted by atomic mass is 10.2. The molecule has 0 fully saturated rings. The number of hydrogen-bond acceptors (Lipinski definition) is 2. The first-order valence-electron chi connectivity index (χ1n) is 2.95. The van der Waals surface area contributed by atoms with Crippen LogP contribution in [0.4, 0.5) is 0 Å². The predicted molar refractivity (Wildman–Crippen MR) is 38.1 cm³/mol. The minimum Gasteiger partial charge on any atom is -0.385 e. The van der Waals surface area contributed by atoms with Crippen LogP contribution in [-0.2, 0) is 4.79 Å². The molecule has 0 aliphatic heterocycles. The molecule has 9 heavy (non-hydrogen) atoms. The summed E-state index contributed by atoms with van der Waals surface area (Å²) in [6, 6.07) is 0. The van der Waals surface area contributed by atoms with Crippen LogP contribution in [0.2, 0.25) is 0 Å². The van der Waals surface area contributed by atoms with Gasteiger partial charge in [-0.25, -0.2) is 0 Å². The van der Waals surface area contributed by atoms with Gasteiger partial charge in [0.1, 0.15) is 0 Å². The van der Waals surface area contributed by atoms with Crippen LogP contribution in [0, 0.1) is 0 Å². The minimum absolute atomic E-state index is 0.0949. The minimum atomic E-state index is 0.0949. The maximum Gasteiger partial charge on any atom is 0.175 e. The fourth-order valence-electron chi connectivity index (χ4n) is 0.778. The number of carbonyl (C=O) groups excluding carboxylic acids is 1. The van der Waals surface area contributed by atoms with Crippen molar-refractivity contribution < 1.29 is 4.79 Å². The van der Waals surface area contributed by atoms with Gasteiger partial charge >= 0.3 is 0 Å². The second-order valence-electron chi connectivity index (χ2n) is 2.18. The molecule has 1 N–H and O–H groups in total. The number of carbonyl (C=O) groups is 1. The van der Waals surface area contributed by atoms with E-state index in [4.69, 9.17) is 0 Å². The van der Waals surface area contributed by atoms with Crippen molar-refractivity contribution in [2.24, 2.45) is 0 Å². The van der Waals surface area contributed by atoms with Crippen molar-refractivity contribution in [1.29, 1.82) is 0 Å². The first kappa shape index (κ1) is 8.21. The lowest BCUT2D eigenvalue weighted by Crippen LogP contribution is -2.14. The Bertz CT molecular complexity index is 143. The van der Waals surface area contributed by atoms with Crippen LogP contribution in [0.25, 0.3) is 0 Å². The Hall–Kier alpha value is -0.790. The Morgan fingerprint density at radius 1 is 1.22 bits per heavy atom. The van der Waals surface area contributed by atoms with Crippen molar-refractivity contribution in [3.05, 3.63) is 11.3 Å². The molecule has 0 aromatic carbocycles. The molecule has 0 aromatic rings. The Kier molecular flexibility index (Phi) is 2.99. The highest BCUT2D eigenvalue weighted by Gasteiger charge is 2.00. The van der Waals surface area contributed by atoms with Gasteiger partial charge in [0.2, 0.25) is 0 Å². The van der Waals surface area contributed by atoms with Crippen LogP contribution in [0.15, 0.2) is 11.3 Å². The molecule has 0 aliphatic rings. The first-order valence-corrected chi connectivity index (χ1v) is 2.95. The van der Waals surface area contributed by atoms with E-state index in [2.05, 4.69) is 5.32 Å². The van der Waals surface area contributed by atoms with Crippen molar-refractivity contribution >= 4 is 5.78 Å². The molecule has 0 atom stereocenters. The second kappa shape index (κ2) is 3.28. The molecule has 0 heterocycles. The van der Waals surface area contributed by atoms with E-state index in [1.54, 1.807) is 14.0 Å². The highest BCUT2D eigenvalue weighted by atomic mass is 16.1. The van der Waals surface area contributed by atoms with Gasteiger partial charge in [-0.15, -0.1) is 0 Å². The standard InChI is InChI=1S/C7H13NO/c1-5(2)7(8-4)6(3)9/h8H,1-4H3. The molecule has 0 aromatic heterocycles. The van der Waals surface area contributed by atoms with Gasteiger partial charge in [-0.05, 0) is 19.4 Å². The van der Waals surface area contributed by atoms with Gasteiger partial charge in [0.15, 0.2) is 5.78 Å². The monoisotopic (exact) mass is 127 g/mol. The van der Waals surface area contributed by atoms with E-state index in [1.807, 2.05) is 13.8 Å². The zero-order chi connectivity index (χ0) is 7.44. The summed E-state index contributed by atoms with van der Waals surface area (Å²) in [5, 5.41) is 2.83. The van der Waals surface area contributed by atoms with Crippen molar-refractivity contribution in [3.63, 3.8) is 0 Å². The maximum absolute atomic E-state index is 10.7. The number of ketones is 1. The fourth-order valence-corrected chi connectivity index (χ4v) is 0.778. The molecule has 2 heteroatoms. The van der Waals surface area contributed by atoms with E-state index in [9.17, 15) is 4.79 Å². The van der Waals surface area contributed by atoms with Gasteiger partial charge in [-0.2, -0.15) is 0 Å². The smallest absolute Gasteiger partial charge is 0.175 e. The molecule has 52 valence electrons. The zero-order valence-corrected chi connectivity index (χ0v) is 6.41. The molecule has 0 radical (unpaired) electrons. The van der Waals surface area contributed by atoms with Gasteiger partial charge in [0.05, 0.1) is 5.70 Å². The maximum atomic E-state index is 10.7. The first-order chi connectivity index (χ1) is 4.09. The summed E-state index contributed by atoms with van der Waals surface area (Å²) in [5.41, 5.74) is 1.75. The molecule has 0 saturated heterocycles. The molecular formula is C7H13NO. The van der Waals surface area contributed by atoms with E-state index in [-0.39, 0.29) is 5.78 Å². The molecule has 0 aliphatic carbocycles. The number of rotatable bonds is 2. The van der Waals surface area contributed by atoms with Crippen LogP contribution in [0.5, 0.6) is 0 Å². The van der Waals surface area contributed by atoms with Crippen LogP contribution in [0.1, 0.15) is 20.8 Å². The Balaban J connectivity index is 4.35. The number of Topliss-reactive ketones (excluding diaryl/α,β-unsaturated/α-hetero) is 1. The molecule has 0 unspecified atom stereocenters. The zero-order valence-electron chi connectivity index (χ0n) is 6.41. The molecule has 0 bridgehead atoms. The Morgan fingerprint density at radius 2 is 1.67 bits per heavy atom. The average molecular weight is 127 g/mol. The third-order valence-corrected chi connectivity index (χ3v) is 1.10. The summed E-state index contributed by atoms with van der Waals surface area (Å²) in [4.78, 5) is 10.7. The number of likely N-dealkylation sites (N-methyl/N-ethyl adjacent to an activating group) is 1. The van der Waals surface area contributed by atoms with Crippen molar-refractivity contribution in [2.75, 3.05) is 7.05 Å². The summed E-state index contributed by atoms with van der Waals surface area (Å²) >= 11 is 0. The molecular weight excluding hydrogens is 114 g/mol. The summed E-state index contributed by atoms with van der Waals surface area (Å²) in [6.45, 7) is 5.37. The van der Waals surface area contributed by atoms with E-state index in [0.29, 0.717) is 0 Å².